The standard InChI is InChI=1S/C13H22N2O2/c1-5-7-12(17-6-2)13-14-8-11(10(4)16)9(3)15-13/h8,10,12,16H,5-7H2,1-4H3/t10-,12?/m1/s1. The number of rotatable bonds is 6. The summed E-state index contributed by atoms with van der Waals surface area (Å²) in [6.07, 6.45) is 3.09. The van der Waals surface area contributed by atoms with Gasteiger partial charge in [0.1, 0.15) is 6.10 Å². The topological polar surface area (TPSA) is 55.2 Å². The summed E-state index contributed by atoms with van der Waals surface area (Å²) in [7, 11) is 0. The Labute approximate surface area is 103 Å². The third kappa shape index (κ3) is 3.75. The summed E-state index contributed by atoms with van der Waals surface area (Å²) < 4.78 is 5.64. The van der Waals surface area contributed by atoms with Crippen molar-refractivity contribution in [3.8, 4) is 0 Å². The van der Waals surface area contributed by atoms with Crippen molar-refractivity contribution >= 4 is 0 Å². The maximum atomic E-state index is 9.53. The van der Waals surface area contributed by atoms with E-state index in [-0.39, 0.29) is 6.10 Å². The van der Waals surface area contributed by atoms with Crippen LogP contribution in [0, 0.1) is 6.92 Å². The Kier molecular flexibility index (Phi) is 5.51. The fourth-order valence-electron chi connectivity index (χ4n) is 1.81. The Morgan fingerprint density at radius 2 is 2.12 bits per heavy atom. The number of aromatic nitrogens is 2. The molecule has 1 unspecified atom stereocenters. The van der Waals surface area contributed by atoms with Gasteiger partial charge in [0.05, 0.1) is 6.10 Å². The number of aliphatic hydroxyl groups excluding tert-OH is 1. The predicted molar refractivity (Wildman–Crippen MR) is 66.7 cm³/mol. The number of ether oxygens (including phenoxy) is 1. The molecule has 0 fully saturated rings. The van der Waals surface area contributed by atoms with Gasteiger partial charge in [0.2, 0.25) is 0 Å². The number of hydrogen-bond acceptors (Lipinski definition) is 4. The lowest BCUT2D eigenvalue weighted by atomic mass is 10.1. The maximum absolute atomic E-state index is 9.53. The fraction of sp³-hybridized carbons (Fsp3) is 0.692. The van der Waals surface area contributed by atoms with Gasteiger partial charge < -0.3 is 9.84 Å². The normalized spacial score (nSPS) is 14.6. The molecule has 4 heteroatoms. The molecule has 1 rings (SSSR count). The SMILES string of the molecule is CCCC(OCC)c1ncc([C@@H](C)O)c(C)n1. The monoisotopic (exact) mass is 238 g/mol. The average molecular weight is 238 g/mol. The van der Waals surface area contributed by atoms with Gasteiger partial charge in [-0.2, -0.15) is 0 Å². The molecule has 1 heterocycles. The minimum absolute atomic E-state index is 0.0354. The maximum Gasteiger partial charge on any atom is 0.157 e. The lowest BCUT2D eigenvalue weighted by Gasteiger charge is -2.16. The van der Waals surface area contributed by atoms with Crippen molar-refractivity contribution in [3.05, 3.63) is 23.3 Å². The van der Waals surface area contributed by atoms with Crippen LogP contribution >= 0.6 is 0 Å². The summed E-state index contributed by atoms with van der Waals surface area (Å²) in [5.41, 5.74) is 1.60. The Bertz CT molecular complexity index is 347. The lowest BCUT2D eigenvalue weighted by Crippen LogP contribution is -2.11. The summed E-state index contributed by atoms with van der Waals surface area (Å²) in [5, 5.41) is 9.53. The van der Waals surface area contributed by atoms with Gasteiger partial charge in [0.25, 0.3) is 0 Å². The van der Waals surface area contributed by atoms with Crippen LogP contribution in [0.3, 0.4) is 0 Å². The first-order valence-electron chi connectivity index (χ1n) is 6.23. The van der Waals surface area contributed by atoms with Gasteiger partial charge in [-0.15, -0.1) is 0 Å². The summed E-state index contributed by atoms with van der Waals surface area (Å²) in [5.74, 6) is 0.718. The van der Waals surface area contributed by atoms with E-state index in [4.69, 9.17) is 4.74 Å². The molecule has 1 aromatic rings. The zero-order valence-electron chi connectivity index (χ0n) is 11.1. The van der Waals surface area contributed by atoms with Gasteiger partial charge in [-0.3, -0.25) is 0 Å². The Morgan fingerprint density at radius 3 is 2.59 bits per heavy atom. The Hall–Kier alpha value is -1.00. The minimum atomic E-state index is -0.527. The molecule has 96 valence electrons. The Balaban J connectivity index is 2.93. The highest BCUT2D eigenvalue weighted by molar-refractivity contribution is 5.18. The van der Waals surface area contributed by atoms with E-state index in [1.807, 2.05) is 13.8 Å². The van der Waals surface area contributed by atoms with Crippen molar-refractivity contribution in [2.24, 2.45) is 0 Å². The van der Waals surface area contributed by atoms with Crippen LogP contribution in [0.5, 0.6) is 0 Å². The summed E-state index contributed by atoms with van der Waals surface area (Å²) in [6.45, 7) is 8.35. The molecule has 0 aliphatic carbocycles. The number of aryl methyl sites for hydroxylation is 1. The second-order valence-electron chi connectivity index (χ2n) is 4.18. The highest BCUT2D eigenvalue weighted by Crippen LogP contribution is 2.22. The first-order valence-corrected chi connectivity index (χ1v) is 6.23. The second kappa shape index (κ2) is 6.67. The van der Waals surface area contributed by atoms with Crippen LogP contribution in [0.15, 0.2) is 6.20 Å². The first kappa shape index (κ1) is 14.1. The van der Waals surface area contributed by atoms with Crippen molar-refractivity contribution in [1.82, 2.24) is 9.97 Å². The first-order chi connectivity index (χ1) is 8.10. The van der Waals surface area contributed by atoms with Crippen molar-refractivity contribution in [3.63, 3.8) is 0 Å². The molecule has 0 saturated carbocycles. The highest BCUT2D eigenvalue weighted by Gasteiger charge is 2.16. The van der Waals surface area contributed by atoms with Crippen LogP contribution in [0.1, 0.15) is 62.9 Å². The molecule has 0 amide bonds. The molecular weight excluding hydrogens is 216 g/mol. The number of nitrogens with zero attached hydrogens (tertiary/aromatic N) is 2. The lowest BCUT2D eigenvalue weighted by molar-refractivity contribution is 0.0491. The van der Waals surface area contributed by atoms with Crippen molar-refractivity contribution in [2.75, 3.05) is 6.61 Å². The molecule has 0 aliphatic heterocycles. The van der Waals surface area contributed by atoms with E-state index in [1.165, 1.54) is 0 Å². The zero-order valence-corrected chi connectivity index (χ0v) is 11.1. The molecule has 0 bridgehead atoms. The van der Waals surface area contributed by atoms with Crippen molar-refractivity contribution in [2.45, 2.75) is 52.7 Å². The molecule has 1 aromatic heterocycles. The molecule has 0 aromatic carbocycles. The zero-order chi connectivity index (χ0) is 12.8. The van der Waals surface area contributed by atoms with Gasteiger partial charge in [0.15, 0.2) is 5.82 Å². The third-order valence-electron chi connectivity index (χ3n) is 2.69. The fourth-order valence-corrected chi connectivity index (χ4v) is 1.81. The van der Waals surface area contributed by atoms with E-state index in [9.17, 15) is 5.11 Å². The van der Waals surface area contributed by atoms with Gasteiger partial charge in [-0.05, 0) is 27.2 Å². The summed E-state index contributed by atoms with van der Waals surface area (Å²) in [4.78, 5) is 8.74. The highest BCUT2D eigenvalue weighted by atomic mass is 16.5. The molecule has 17 heavy (non-hydrogen) atoms. The van der Waals surface area contributed by atoms with E-state index in [0.717, 1.165) is 29.9 Å². The van der Waals surface area contributed by atoms with Gasteiger partial charge in [-0.1, -0.05) is 13.3 Å². The second-order valence-corrected chi connectivity index (χ2v) is 4.18. The van der Waals surface area contributed by atoms with E-state index in [0.29, 0.717) is 6.61 Å². The molecule has 2 atom stereocenters. The minimum Gasteiger partial charge on any atom is -0.389 e. The molecule has 0 spiro atoms. The third-order valence-corrected chi connectivity index (χ3v) is 2.69. The van der Waals surface area contributed by atoms with E-state index >= 15 is 0 Å². The van der Waals surface area contributed by atoms with E-state index < -0.39 is 6.10 Å². The molecule has 4 nitrogen and oxygen atoms in total. The molecular formula is C13H22N2O2. The number of aliphatic hydroxyl groups is 1. The molecule has 1 N–H and O–H groups in total. The van der Waals surface area contributed by atoms with E-state index in [1.54, 1.807) is 13.1 Å². The average Bonchev–Trinajstić information content (AvgIpc) is 2.28. The van der Waals surface area contributed by atoms with Crippen LogP contribution in [-0.2, 0) is 4.74 Å². The van der Waals surface area contributed by atoms with Crippen LogP contribution in [-0.4, -0.2) is 21.7 Å². The van der Waals surface area contributed by atoms with E-state index in [2.05, 4.69) is 16.9 Å². The van der Waals surface area contributed by atoms with Crippen LogP contribution in [0.25, 0.3) is 0 Å². The van der Waals surface area contributed by atoms with Crippen molar-refractivity contribution in [1.29, 1.82) is 0 Å². The Morgan fingerprint density at radius 1 is 1.41 bits per heavy atom. The molecule has 0 radical (unpaired) electrons. The predicted octanol–water partition coefficient (Wildman–Crippen LogP) is 2.72. The molecule has 0 aliphatic rings. The van der Waals surface area contributed by atoms with Crippen LogP contribution in [0.2, 0.25) is 0 Å². The largest absolute Gasteiger partial charge is 0.389 e. The molecule has 0 saturated heterocycles. The van der Waals surface area contributed by atoms with Gasteiger partial charge in [0, 0.05) is 24.1 Å². The van der Waals surface area contributed by atoms with Gasteiger partial charge >= 0.3 is 0 Å². The number of hydrogen-bond donors (Lipinski definition) is 1. The smallest absolute Gasteiger partial charge is 0.157 e. The van der Waals surface area contributed by atoms with Gasteiger partial charge in [-0.25, -0.2) is 9.97 Å². The quantitative estimate of drug-likeness (QED) is 0.828. The van der Waals surface area contributed by atoms with Crippen LogP contribution < -0.4 is 0 Å². The summed E-state index contributed by atoms with van der Waals surface area (Å²) in [6, 6.07) is 0. The summed E-state index contributed by atoms with van der Waals surface area (Å²) >= 11 is 0. The van der Waals surface area contributed by atoms with Crippen molar-refractivity contribution < 1.29 is 9.84 Å². The van der Waals surface area contributed by atoms with Crippen LogP contribution in [0.4, 0.5) is 0 Å².